The van der Waals surface area contributed by atoms with Gasteiger partial charge in [-0.2, -0.15) is 0 Å². The van der Waals surface area contributed by atoms with Gasteiger partial charge >= 0.3 is 0 Å². The van der Waals surface area contributed by atoms with E-state index in [1.807, 2.05) is 0 Å². The second-order valence-corrected chi connectivity index (χ2v) is 6.09. The summed E-state index contributed by atoms with van der Waals surface area (Å²) in [6, 6.07) is 6.58. The number of nitrogens with zero attached hydrogens (tertiary/aromatic N) is 1. The summed E-state index contributed by atoms with van der Waals surface area (Å²) in [5.41, 5.74) is 4.73. The molecule has 3 aliphatic rings. The number of rotatable bonds is 2. The summed E-state index contributed by atoms with van der Waals surface area (Å²) in [6.07, 6.45) is 8.99. The lowest BCUT2D eigenvalue weighted by Crippen LogP contribution is -2.47. The van der Waals surface area contributed by atoms with Gasteiger partial charge in [-0.1, -0.05) is 30.4 Å². The van der Waals surface area contributed by atoms with Crippen LogP contribution in [-0.2, 0) is 0 Å². The lowest BCUT2D eigenvalue weighted by molar-refractivity contribution is 0.0619. The summed E-state index contributed by atoms with van der Waals surface area (Å²) >= 11 is 0. The van der Waals surface area contributed by atoms with Gasteiger partial charge in [0.25, 0.3) is 0 Å². The molecule has 0 aliphatic carbocycles. The first-order valence-electron chi connectivity index (χ1n) is 7.16. The van der Waals surface area contributed by atoms with E-state index in [1.165, 1.54) is 55.6 Å². The number of allylic oxidation sites excluding steroid dienone is 1. The number of piperidine rings is 3. The van der Waals surface area contributed by atoms with Gasteiger partial charge < -0.3 is 4.90 Å². The number of aryl methyl sites for hydroxylation is 2. The molecule has 0 aromatic heterocycles. The van der Waals surface area contributed by atoms with Gasteiger partial charge in [0.15, 0.2) is 0 Å². The van der Waals surface area contributed by atoms with Crippen molar-refractivity contribution in [1.82, 2.24) is 4.90 Å². The Kier molecular flexibility index (Phi) is 3.03. The van der Waals surface area contributed by atoms with Gasteiger partial charge in [0, 0.05) is 0 Å². The summed E-state index contributed by atoms with van der Waals surface area (Å²) in [5.74, 6) is 0. The average Bonchev–Trinajstić information content (AvgIpc) is 2.40. The minimum absolute atomic E-state index is 0.503. The standard InChI is InChI=1S/C17H23N/c1-14-4-3-5-15(2)16(14)6-7-17-8-11-18(12-9-17)13-10-17/h3-7H,8-13H2,1-2H3/b7-6+. The van der Waals surface area contributed by atoms with Crippen molar-refractivity contribution in [2.75, 3.05) is 19.6 Å². The van der Waals surface area contributed by atoms with Crippen molar-refractivity contribution < 1.29 is 0 Å². The number of hydrogen-bond acceptors (Lipinski definition) is 1. The Balaban J connectivity index is 1.85. The molecule has 0 N–H and O–H groups in total. The maximum Gasteiger partial charge on any atom is -0.00104 e. The summed E-state index contributed by atoms with van der Waals surface area (Å²) in [6.45, 7) is 8.34. The fourth-order valence-electron chi connectivity index (χ4n) is 3.45. The molecule has 0 spiro atoms. The predicted molar refractivity (Wildman–Crippen MR) is 77.7 cm³/mol. The SMILES string of the molecule is Cc1cccc(C)c1/C=C/C12CCN(CC1)CC2. The van der Waals surface area contributed by atoms with Crippen LogP contribution < -0.4 is 0 Å². The zero-order valence-corrected chi connectivity index (χ0v) is 11.6. The van der Waals surface area contributed by atoms with E-state index < -0.39 is 0 Å². The number of hydrogen-bond donors (Lipinski definition) is 0. The molecule has 18 heavy (non-hydrogen) atoms. The molecule has 0 saturated carbocycles. The summed E-state index contributed by atoms with van der Waals surface area (Å²) in [5, 5.41) is 0. The molecule has 0 amide bonds. The number of benzene rings is 1. The monoisotopic (exact) mass is 241 g/mol. The van der Waals surface area contributed by atoms with Crippen LogP contribution in [0, 0.1) is 19.3 Å². The normalized spacial score (nSPS) is 31.1. The van der Waals surface area contributed by atoms with E-state index in [0.29, 0.717) is 5.41 Å². The van der Waals surface area contributed by atoms with Crippen LogP contribution in [0.1, 0.15) is 36.0 Å². The smallest absolute Gasteiger partial charge is 0.00104 e. The predicted octanol–water partition coefficient (Wildman–Crippen LogP) is 3.80. The Bertz CT molecular complexity index is 430. The van der Waals surface area contributed by atoms with E-state index in [4.69, 9.17) is 0 Å². The summed E-state index contributed by atoms with van der Waals surface area (Å²) in [7, 11) is 0. The largest absolute Gasteiger partial charge is 0.303 e. The highest BCUT2D eigenvalue weighted by Crippen LogP contribution is 2.41. The lowest BCUT2D eigenvalue weighted by atomic mass is 9.71. The molecule has 3 heterocycles. The van der Waals surface area contributed by atoms with E-state index in [0.717, 1.165) is 0 Å². The van der Waals surface area contributed by atoms with E-state index in [1.54, 1.807) is 0 Å². The second-order valence-electron chi connectivity index (χ2n) is 6.09. The Labute approximate surface area is 111 Å². The highest BCUT2D eigenvalue weighted by Gasteiger charge is 2.36. The first-order chi connectivity index (χ1) is 8.69. The van der Waals surface area contributed by atoms with Crippen LogP contribution in [0.5, 0.6) is 0 Å². The molecule has 0 unspecified atom stereocenters. The van der Waals surface area contributed by atoms with Gasteiger partial charge in [0.1, 0.15) is 0 Å². The third-order valence-corrected chi connectivity index (χ3v) is 4.92. The topological polar surface area (TPSA) is 3.24 Å². The molecule has 1 aromatic rings. The van der Waals surface area contributed by atoms with Crippen molar-refractivity contribution in [1.29, 1.82) is 0 Å². The molecule has 4 rings (SSSR count). The molecule has 1 heteroatoms. The van der Waals surface area contributed by atoms with E-state index >= 15 is 0 Å². The molecule has 2 bridgehead atoms. The molecule has 0 atom stereocenters. The third kappa shape index (κ3) is 2.12. The number of fused-ring (bicyclic) bond motifs is 3. The van der Waals surface area contributed by atoms with Gasteiger partial charge in [-0.05, 0) is 74.8 Å². The second kappa shape index (κ2) is 4.55. The van der Waals surface area contributed by atoms with E-state index in [-0.39, 0.29) is 0 Å². The van der Waals surface area contributed by atoms with Crippen LogP contribution in [0.3, 0.4) is 0 Å². The van der Waals surface area contributed by atoms with E-state index in [9.17, 15) is 0 Å². The van der Waals surface area contributed by atoms with Crippen molar-refractivity contribution in [3.05, 3.63) is 41.0 Å². The quantitative estimate of drug-likeness (QED) is 0.761. The Morgan fingerprint density at radius 1 is 1.00 bits per heavy atom. The first-order valence-corrected chi connectivity index (χ1v) is 7.16. The lowest BCUT2D eigenvalue weighted by Gasteiger charge is -2.47. The fourth-order valence-corrected chi connectivity index (χ4v) is 3.45. The minimum atomic E-state index is 0.503. The zero-order chi connectivity index (χ0) is 12.6. The van der Waals surface area contributed by atoms with Gasteiger partial charge in [-0.25, -0.2) is 0 Å². The highest BCUT2D eigenvalue weighted by atomic mass is 15.1. The van der Waals surface area contributed by atoms with Crippen LogP contribution in [0.25, 0.3) is 6.08 Å². The molecular weight excluding hydrogens is 218 g/mol. The zero-order valence-electron chi connectivity index (χ0n) is 11.6. The van der Waals surface area contributed by atoms with Crippen molar-refractivity contribution >= 4 is 6.08 Å². The van der Waals surface area contributed by atoms with E-state index in [2.05, 4.69) is 49.1 Å². The van der Waals surface area contributed by atoms with Crippen molar-refractivity contribution in [2.45, 2.75) is 33.1 Å². The Hall–Kier alpha value is -1.08. The van der Waals surface area contributed by atoms with Crippen LogP contribution in [-0.4, -0.2) is 24.5 Å². The molecule has 3 aliphatic heterocycles. The summed E-state index contributed by atoms with van der Waals surface area (Å²) in [4.78, 5) is 2.61. The van der Waals surface area contributed by atoms with Crippen LogP contribution >= 0.6 is 0 Å². The van der Waals surface area contributed by atoms with Gasteiger partial charge in [0.2, 0.25) is 0 Å². The molecule has 3 fully saturated rings. The molecule has 1 nitrogen and oxygen atoms in total. The highest BCUT2D eigenvalue weighted by molar-refractivity contribution is 5.58. The molecule has 3 saturated heterocycles. The van der Waals surface area contributed by atoms with Crippen LogP contribution in [0.2, 0.25) is 0 Å². The Morgan fingerprint density at radius 2 is 1.56 bits per heavy atom. The average molecular weight is 241 g/mol. The molecular formula is C17H23N. The molecule has 0 radical (unpaired) electrons. The fraction of sp³-hybridized carbons (Fsp3) is 0.529. The molecule has 1 aromatic carbocycles. The minimum Gasteiger partial charge on any atom is -0.303 e. The van der Waals surface area contributed by atoms with Gasteiger partial charge in [-0.3, -0.25) is 0 Å². The van der Waals surface area contributed by atoms with Gasteiger partial charge in [-0.15, -0.1) is 0 Å². The Morgan fingerprint density at radius 3 is 2.11 bits per heavy atom. The van der Waals surface area contributed by atoms with Crippen LogP contribution in [0.4, 0.5) is 0 Å². The van der Waals surface area contributed by atoms with Gasteiger partial charge in [0.05, 0.1) is 0 Å². The summed E-state index contributed by atoms with van der Waals surface area (Å²) < 4.78 is 0. The molecule has 96 valence electrons. The van der Waals surface area contributed by atoms with Crippen molar-refractivity contribution in [2.24, 2.45) is 5.41 Å². The van der Waals surface area contributed by atoms with Crippen LogP contribution in [0.15, 0.2) is 24.3 Å². The van der Waals surface area contributed by atoms with Crippen molar-refractivity contribution in [3.8, 4) is 0 Å². The third-order valence-electron chi connectivity index (χ3n) is 4.92. The maximum atomic E-state index is 2.61. The van der Waals surface area contributed by atoms with Crippen molar-refractivity contribution in [3.63, 3.8) is 0 Å². The first kappa shape index (κ1) is 12.0. The maximum absolute atomic E-state index is 2.61.